The summed E-state index contributed by atoms with van der Waals surface area (Å²) < 4.78 is 0. The molecule has 0 aliphatic carbocycles. The maximum absolute atomic E-state index is 11.4. The normalized spacial score (nSPS) is 15.7. The molecule has 1 aliphatic rings. The van der Waals surface area contributed by atoms with Gasteiger partial charge in [0.05, 0.1) is 0 Å². The first-order valence-corrected chi connectivity index (χ1v) is 4.76. The summed E-state index contributed by atoms with van der Waals surface area (Å²) in [5.41, 5.74) is 2.94. The molecule has 0 saturated carbocycles. The zero-order valence-corrected chi connectivity index (χ0v) is 8.70. The van der Waals surface area contributed by atoms with Crippen molar-refractivity contribution in [2.24, 2.45) is 0 Å². The number of carbonyl (C=O) groups excluding carboxylic acids is 2. The zero-order chi connectivity index (χ0) is 11.0. The van der Waals surface area contributed by atoms with Crippen LogP contribution in [0.4, 0.5) is 10.5 Å². The highest BCUT2D eigenvalue weighted by Gasteiger charge is 2.28. The van der Waals surface area contributed by atoms with Gasteiger partial charge in [-0.1, -0.05) is 17.7 Å². The Morgan fingerprint density at radius 1 is 1.27 bits per heavy atom. The predicted molar refractivity (Wildman–Crippen MR) is 56.8 cm³/mol. The number of rotatable bonds is 1. The van der Waals surface area contributed by atoms with Crippen LogP contribution in [-0.2, 0) is 4.79 Å². The monoisotopic (exact) mass is 204 g/mol. The molecule has 3 amide bonds. The van der Waals surface area contributed by atoms with E-state index in [4.69, 9.17) is 0 Å². The number of imide groups is 1. The fourth-order valence-corrected chi connectivity index (χ4v) is 1.74. The summed E-state index contributed by atoms with van der Waals surface area (Å²) >= 11 is 0. The van der Waals surface area contributed by atoms with Crippen LogP contribution in [0.5, 0.6) is 0 Å². The first-order valence-electron chi connectivity index (χ1n) is 4.76. The van der Waals surface area contributed by atoms with E-state index in [0.29, 0.717) is 0 Å². The van der Waals surface area contributed by atoms with Crippen molar-refractivity contribution in [1.29, 1.82) is 0 Å². The summed E-state index contributed by atoms with van der Waals surface area (Å²) in [6.07, 6.45) is 0. The minimum atomic E-state index is -0.341. The number of anilines is 1. The number of amides is 3. The Bertz CT molecular complexity index is 440. The van der Waals surface area contributed by atoms with E-state index in [0.717, 1.165) is 16.8 Å². The van der Waals surface area contributed by atoms with Gasteiger partial charge < -0.3 is 0 Å². The second-order valence-corrected chi connectivity index (χ2v) is 3.73. The maximum Gasteiger partial charge on any atom is 0.329 e. The quantitative estimate of drug-likeness (QED) is 0.702. The van der Waals surface area contributed by atoms with Crippen LogP contribution in [0.25, 0.3) is 0 Å². The van der Waals surface area contributed by atoms with E-state index in [2.05, 4.69) is 5.32 Å². The minimum absolute atomic E-state index is 0.114. The Morgan fingerprint density at radius 3 is 2.53 bits per heavy atom. The van der Waals surface area contributed by atoms with Crippen LogP contribution < -0.4 is 10.2 Å². The molecule has 1 N–H and O–H groups in total. The van der Waals surface area contributed by atoms with Crippen molar-refractivity contribution >= 4 is 17.6 Å². The van der Waals surface area contributed by atoms with Crippen LogP contribution in [0.1, 0.15) is 11.1 Å². The molecule has 78 valence electrons. The van der Waals surface area contributed by atoms with Crippen molar-refractivity contribution in [1.82, 2.24) is 5.32 Å². The molecule has 0 aromatic heterocycles. The van der Waals surface area contributed by atoms with Gasteiger partial charge in [0.15, 0.2) is 0 Å². The van der Waals surface area contributed by atoms with E-state index in [1.165, 1.54) is 4.90 Å². The lowest BCUT2D eigenvalue weighted by molar-refractivity contribution is -0.117. The summed E-state index contributed by atoms with van der Waals surface area (Å²) in [6, 6.07) is 5.44. The maximum atomic E-state index is 11.4. The van der Waals surface area contributed by atoms with Crippen molar-refractivity contribution in [3.63, 3.8) is 0 Å². The molecule has 0 unspecified atom stereocenters. The fraction of sp³-hybridized carbons (Fsp3) is 0.273. The summed E-state index contributed by atoms with van der Waals surface area (Å²) in [5.74, 6) is -0.250. The van der Waals surface area contributed by atoms with E-state index in [-0.39, 0.29) is 18.5 Å². The van der Waals surface area contributed by atoms with Crippen molar-refractivity contribution in [2.75, 3.05) is 11.4 Å². The van der Waals surface area contributed by atoms with Crippen LogP contribution in [0.15, 0.2) is 18.2 Å². The Balaban J connectivity index is 2.38. The number of nitrogens with zero attached hydrogens (tertiary/aromatic N) is 1. The van der Waals surface area contributed by atoms with E-state index < -0.39 is 0 Å². The number of urea groups is 1. The molecule has 1 aromatic carbocycles. The average Bonchev–Trinajstić information content (AvgIpc) is 2.45. The van der Waals surface area contributed by atoms with Crippen LogP contribution in [0.3, 0.4) is 0 Å². The highest BCUT2D eigenvalue weighted by Crippen LogP contribution is 2.22. The van der Waals surface area contributed by atoms with Crippen molar-refractivity contribution in [3.8, 4) is 0 Å². The lowest BCUT2D eigenvalue weighted by Gasteiger charge is -2.16. The summed E-state index contributed by atoms with van der Waals surface area (Å²) in [4.78, 5) is 23.9. The highest BCUT2D eigenvalue weighted by molar-refractivity contribution is 6.12. The number of nitrogens with one attached hydrogen (secondary N) is 1. The van der Waals surface area contributed by atoms with E-state index in [1.807, 2.05) is 32.0 Å². The van der Waals surface area contributed by atoms with Crippen molar-refractivity contribution < 1.29 is 9.59 Å². The molecular weight excluding hydrogens is 192 g/mol. The van der Waals surface area contributed by atoms with E-state index in [9.17, 15) is 9.59 Å². The molecule has 4 heteroatoms. The predicted octanol–water partition coefficient (Wildman–Crippen LogP) is 1.36. The molecule has 1 heterocycles. The van der Waals surface area contributed by atoms with Crippen molar-refractivity contribution in [3.05, 3.63) is 29.3 Å². The molecule has 0 bridgehead atoms. The number of aryl methyl sites for hydroxylation is 2. The van der Waals surface area contributed by atoms with Crippen molar-refractivity contribution in [2.45, 2.75) is 13.8 Å². The second kappa shape index (κ2) is 3.38. The molecule has 1 saturated heterocycles. The van der Waals surface area contributed by atoms with Gasteiger partial charge in [0, 0.05) is 5.69 Å². The van der Waals surface area contributed by atoms with Crippen LogP contribution in [-0.4, -0.2) is 18.5 Å². The smallest absolute Gasteiger partial charge is 0.284 e. The summed E-state index contributed by atoms with van der Waals surface area (Å²) in [5, 5.41) is 2.26. The first kappa shape index (κ1) is 9.71. The fourth-order valence-electron chi connectivity index (χ4n) is 1.74. The molecule has 0 spiro atoms. The number of hydrogen-bond donors (Lipinski definition) is 1. The molecule has 1 aliphatic heterocycles. The van der Waals surface area contributed by atoms with Gasteiger partial charge in [-0.3, -0.25) is 15.0 Å². The number of benzene rings is 1. The molecule has 0 atom stereocenters. The molecule has 1 fully saturated rings. The minimum Gasteiger partial charge on any atom is -0.284 e. The Morgan fingerprint density at radius 2 is 2.00 bits per heavy atom. The van der Waals surface area contributed by atoms with Crippen LogP contribution >= 0.6 is 0 Å². The van der Waals surface area contributed by atoms with Gasteiger partial charge in [-0.15, -0.1) is 0 Å². The van der Waals surface area contributed by atoms with Gasteiger partial charge in [-0.05, 0) is 25.5 Å². The summed E-state index contributed by atoms with van der Waals surface area (Å²) in [6.45, 7) is 4.03. The van der Waals surface area contributed by atoms with Gasteiger partial charge in [-0.2, -0.15) is 0 Å². The SMILES string of the molecule is Cc1ccc(N2CC(=O)NC2=O)c(C)c1. The summed E-state index contributed by atoms with van der Waals surface area (Å²) in [7, 11) is 0. The molecular formula is C11H12N2O2. The molecule has 0 radical (unpaired) electrons. The third-order valence-electron chi connectivity index (χ3n) is 2.44. The zero-order valence-electron chi connectivity index (χ0n) is 8.70. The average molecular weight is 204 g/mol. The van der Waals surface area contributed by atoms with E-state index >= 15 is 0 Å². The van der Waals surface area contributed by atoms with Gasteiger partial charge in [0.2, 0.25) is 5.91 Å². The standard InChI is InChI=1S/C11H12N2O2/c1-7-3-4-9(8(2)5-7)13-6-10(14)12-11(13)15/h3-5H,6H2,1-2H3,(H,12,14,15). The molecule has 4 nitrogen and oxygen atoms in total. The molecule has 1 aromatic rings. The Hall–Kier alpha value is -1.84. The van der Waals surface area contributed by atoms with Crippen LogP contribution in [0.2, 0.25) is 0 Å². The van der Waals surface area contributed by atoms with Gasteiger partial charge in [0.25, 0.3) is 0 Å². The Kier molecular flexibility index (Phi) is 2.19. The van der Waals surface area contributed by atoms with Gasteiger partial charge in [0.1, 0.15) is 6.54 Å². The Labute approximate surface area is 87.9 Å². The number of hydrogen-bond acceptors (Lipinski definition) is 2. The topological polar surface area (TPSA) is 49.4 Å². The second-order valence-electron chi connectivity index (χ2n) is 3.73. The molecule has 2 rings (SSSR count). The lowest BCUT2D eigenvalue weighted by atomic mass is 10.1. The third-order valence-corrected chi connectivity index (χ3v) is 2.44. The van der Waals surface area contributed by atoms with Gasteiger partial charge >= 0.3 is 6.03 Å². The number of carbonyl (C=O) groups is 2. The first-order chi connectivity index (χ1) is 7.08. The van der Waals surface area contributed by atoms with Crippen LogP contribution in [0, 0.1) is 13.8 Å². The van der Waals surface area contributed by atoms with E-state index in [1.54, 1.807) is 0 Å². The largest absolute Gasteiger partial charge is 0.329 e. The van der Waals surface area contributed by atoms with Gasteiger partial charge in [-0.25, -0.2) is 4.79 Å². The highest BCUT2D eigenvalue weighted by atomic mass is 16.2. The molecule has 15 heavy (non-hydrogen) atoms. The third kappa shape index (κ3) is 1.70. The lowest BCUT2D eigenvalue weighted by Crippen LogP contribution is -2.28.